The minimum absolute atomic E-state index is 0.0252. The molecule has 1 rings (SSSR count). The first-order valence-corrected chi connectivity index (χ1v) is 5.71. The van der Waals surface area contributed by atoms with Crippen LogP contribution in [-0.4, -0.2) is 21.5 Å². The van der Waals surface area contributed by atoms with E-state index in [-0.39, 0.29) is 5.78 Å². The van der Waals surface area contributed by atoms with Crippen LogP contribution in [0.1, 0.15) is 35.7 Å². The van der Waals surface area contributed by atoms with E-state index in [9.17, 15) is 4.79 Å². The molecule has 0 amide bonds. The van der Waals surface area contributed by atoms with Gasteiger partial charge in [-0.05, 0) is 19.6 Å². The summed E-state index contributed by atoms with van der Waals surface area (Å²) in [6.45, 7) is 5.48. The topological polar surface area (TPSA) is 42.9 Å². The van der Waals surface area contributed by atoms with Gasteiger partial charge in [-0.2, -0.15) is 11.8 Å². The smallest absolute Gasteiger partial charge is 0.163 e. The standard InChI is InChI=1S/C10H14N2OS/c1-4-14-6-10-11-5-9(8(3)13)7(2)12-10/h5H,4,6H2,1-3H3. The van der Waals surface area contributed by atoms with E-state index in [0.29, 0.717) is 5.56 Å². The molecule has 0 aliphatic carbocycles. The monoisotopic (exact) mass is 210 g/mol. The number of carbonyl (C=O) groups excluding carboxylic acids is 1. The summed E-state index contributed by atoms with van der Waals surface area (Å²) in [6.07, 6.45) is 1.62. The summed E-state index contributed by atoms with van der Waals surface area (Å²) < 4.78 is 0. The van der Waals surface area contributed by atoms with Crippen molar-refractivity contribution in [1.82, 2.24) is 9.97 Å². The van der Waals surface area contributed by atoms with Crippen molar-refractivity contribution in [2.45, 2.75) is 26.5 Å². The lowest BCUT2D eigenvalue weighted by Crippen LogP contribution is -2.03. The number of carbonyl (C=O) groups is 1. The molecular formula is C10H14N2OS. The number of hydrogen-bond donors (Lipinski definition) is 0. The minimum Gasteiger partial charge on any atom is -0.294 e. The molecule has 76 valence electrons. The Kier molecular flexibility index (Phi) is 4.07. The van der Waals surface area contributed by atoms with Crippen molar-refractivity contribution in [3.05, 3.63) is 23.3 Å². The minimum atomic E-state index is 0.0252. The quantitative estimate of drug-likeness (QED) is 0.715. The summed E-state index contributed by atoms with van der Waals surface area (Å²) in [5.41, 5.74) is 1.40. The molecule has 0 saturated carbocycles. The van der Waals surface area contributed by atoms with Crippen LogP contribution in [0.25, 0.3) is 0 Å². The molecule has 0 spiro atoms. The molecule has 1 aromatic rings. The van der Waals surface area contributed by atoms with Crippen molar-refractivity contribution in [3.8, 4) is 0 Å². The van der Waals surface area contributed by atoms with Crippen molar-refractivity contribution in [2.75, 3.05) is 5.75 Å². The molecule has 0 saturated heterocycles. The lowest BCUT2D eigenvalue weighted by atomic mass is 10.2. The summed E-state index contributed by atoms with van der Waals surface area (Å²) in [7, 11) is 0. The van der Waals surface area contributed by atoms with E-state index in [2.05, 4.69) is 16.9 Å². The number of aromatic nitrogens is 2. The third-order valence-electron chi connectivity index (χ3n) is 1.84. The lowest BCUT2D eigenvalue weighted by molar-refractivity contribution is 0.101. The van der Waals surface area contributed by atoms with Crippen molar-refractivity contribution in [1.29, 1.82) is 0 Å². The van der Waals surface area contributed by atoms with Crippen LogP contribution >= 0.6 is 11.8 Å². The molecular weight excluding hydrogens is 196 g/mol. The molecule has 0 aliphatic heterocycles. The van der Waals surface area contributed by atoms with E-state index < -0.39 is 0 Å². The van der Waals surface area contributed by atoms with Crippen LogP contribution in [-0.2, 0) is 5.75 Å². The van der Waals surface area contributed by atoms with Crippen LogP contribution in [0, 0.1) is 6.92 Å². The molecule has 0 N–H and O–H groups in total. The van der Waals surface area contributed by atoms with Crippen molar-refractivity contribution < 1.29 is 4.79 Å². The van der Waals surface area contributed by atoms with Gasteiger partial charge in [0.25, 0.3) is 0 Å². The second-order valence-electron chi connectivity index (χ2n) is 2.98. The van der Waals surface area contributed by atoms with Gasteiger partial charge in [0.1, 0.15) is 5.82 Å². The largest absolute Gasteiger partial charge is 0.294 e. The maximum Gasteiger partial charge on any atom is 0.163 e. The first-order chi connectivity index (χ1) is 6.65. The number of nitrogens with zero attached hydrogens (tertiary/aromatic N) is 2. The Labute approximate surface area is 88.3 Å². The highest BCUT2D eigenvalue weighted by atomic mass is 32.2. The number of hydrogen-bond acceptors (Lipinski definition) is 4. The molecule has 1 aromatic heterocycles. The maximum atomic E-state index is 11.1. The zero-order valence-electron chi connectivity index (χ0n) is 8.70. The van der Waals surface area contributed by atoms with Crippen LogP contribution in [0.5, 0.6) is 0 Å². The molecule has 0 aromatic carbocycles. The fourth-order valence-electron chi connectivity index (χ4n) is 1.12. The van der Waals surface area contributed by atoms with Crippen LogP contribution < -0.4 is 0 Å². The molecule has 3 nitrogen and oxygen atoms in total. The Bertz CT molecular complexity index is 339. The van der Waals surface area contributed by atoms with Crippen molar-refractivity contribution >= 4 is 17.5 Å². The normalized spacial score (nSPS) is 10.2. The third kappa shape index (κ3) is 2.80. The van der Waals surface area contributed by atoms with Gasteiger partial charge in [0.05, 0.1) is 17.0 Å². The van der Waals surface area contributed by atoms with Gasteiger partial charge in [-0.15, -0.1) is 0 Å². The van der Waals surface area contributed by atoms with Gasteiger partial charge in [0.2, 0.25) is 0 Å². The summed E-state index contributed by atoms with van der Waals surface area (Å²) in [4.78, 5) is 19.5. The van der Waals surface area contributed by atoms with Crippen LogP contribution in [0.3, 0.4) is 0 Å². The number of Topliss-reactive ketones (excluding diaryl/α,β-unsaturated/α-hetero) is 1. The van der Waals surface area contributed by atoms with E-state index in [4.69, 9.17) is 0 Å². The predicted octanol–water partition coefficient (Wildman–Crippen LogP) is 2.24. The van der Waals surface area contributed by atoms with Gasteiger partial charge < -0.3 is 0 Å². The Balaban J connectivity index is 2.83. The average molecular weight is 210 g/mol. The van der Waals surface area contributed by atoms with Crippen LogP contribution in [0.15, 0.2) is 6.20 Å². The Morgan fingerprint density at radius 1 is 1.57 bits per heavy atom. The van der Waals surface area contributed by atoms with E-state index in [1.807, 2.05) is 6.92 Å². The molecule has 0 radical (unpaired) electrons. The first-order valence-electron chi connectivity index (χ1n) is 4.56. The molecule has 1 heterocycles. The van der Waals surface area contributed by atoms with Crippen LogP contribution in [0.2, 0.25) is 0 Å². The van der Waals surface area contributed by atoms with Gasteiger partial charge in [-0.3, -0.25) is 4.79 Å². The number of rotatable bonds is 4. The van der Waals surface area contributed by atoms with E-state index >= 15 is 0 Å². The number of thioether (sulfide) groups is 1. The highest BCUT2D eigenvalue weighted by Crippen LogP contribution is 2.10. The molecule has 0 aliphatic rings. The van der Waals surface area contributed by atoms with Gasteiger partial charge in [-0.1, -0.05) is 6.92 Å². The van der Waals surface area contributed by atoms with Crippen molar-refractivity contribution in [2.24, 2.45) is 0 Å². The van der Waals surface area contributed by atoms with Gasteiger partial charge >= 0.3 is 0 Å². The number of aryl methyl sites for hydroxylation is 1. The number of ketones is 1. The van der Waals surface area contributed by atoms with E-state index in [1.54, 1.807) is 18.0 Å². The van der Waals surface area contributed by atoms with E-state index in [0.717, 1.165) is 23.0 Å². The first kappa shape index (κ1) is 11.2. The highest BCUT2D eigenvalue weighted by Gasteiger charge is 2.06. The van der Waals surface area contributed by atoms with Gasteiger partial charge in [0.15, 0.2) is 5.78 Å². The fraction of sp³-hybridized carbons (Fsp3) is 0.500. The summed E-state index contributed by atoms with van der Waals surface area (Å²) in [5.74, 6) is 2.70. The van der Waals surface area contributed by atoms with Crippen molar-refractivity contribution in [3.63, 3.8) is 0 Å². The molecule has 4 heteroatoms. The highest BCUT2D eigenvalue weighted by molar-refractivity contribution is 7.98. The SMILES string of the molecule is CCSCc1ncc(C(C)=O)c(C)n1. The van der Waals surface area contributed by atoms with Gasteiger partial charge in [-0.25, -0.2) is 9.97 Å². The Morgan fingerprint density at radius 2 is 2.29 bits per heavy atom. The predicted molar refractivity (Wildman–Crippen MR) is 58.6 cm³/mol. The summed E-state index contributed by atoms with van der Waals surface area (Å²) in [6, 6.07) is 0. The Morgan fingerprint density at radius 3 is 2.79 bits per heavy atom. The third-order valence-corrected chi connectivity index (χ3v) is 2.71. The summed E-state index contributed by atoms with van der Waals surface area (Å²) in [5, 5.41) is 0. The summed E-state index contributed by atoms with van der Waals surface area (Å²) >= 11 is 1.77. The lowest BCUT2D eigenvalue weighted by Gasteiger charge is -2.03. The molecule has 0 unspecified atom stereocenters. The van der Waals surface area contributed by atoms with E-state index in [1.165, 1.54) is 6.92 Å². The maximum absolute atomic E-state index is 11.1. The fourth-order valence-corrected chi connectivity index (χ4v) is 1.65. The molecule has 0 fully saturated rings. The van der Waals surface area contributed by atoms with Gasteiger partial charge in [0, 0.05) is 6.20 Å². The second-order valence-corrected chi connectivity index (χ2v) is 4.25. The second kappa shape index (κ2) is 5.10. The Hall–Kier alpha value is -0.900. The molecule has 14 heavy (non-hydrogen) atoms. The zero-order chi connectivity index (χ0) is 10.6. The molecule has 0 atom stereocenters. The zero-order valence-corrected chi connectivity index (χ0v) is 9.52. The van der Waals surface area contributed by atoms with Crippen LogP contribution in [0.4, 0.5) is 0 Å². The average Bonchev–Trinajstić information content (AvgIpc) is 2.14. The molecule has 0 bridgehead atoms.